The Kier molecular flexibility index (Phi) is 4.04. The quantitative estimate of drug-likeness (QED) is 0.859. The number of aromatic nitrogens is 1. The van der Waals surface area contributed by atoms with Crippen LogP contribution in [0.15, 0.2) is 48.7 Å². The Morgan fingerprint density at radius 1 is 1.22 bits per heavy atom. The highest BCUT2D eigenvalue weighted by atomic mass is 32.2. The maximum Gasteiger partial charge on any atom is 0.272 e. The predicted octanol–water partition coefficient (Wildman–Crippen LogP) is 2.01. The molecular formula is C16H16N2O4S. The van der Waals surface area contributed by atoms with Crippen LogP contribution in [0, 0.1) is 0 Å². The minimum atomic E-state index is -3.75. The van der Waals surface area contributed by atoms with Gasteiger partial charge in [-0.2, -0.15) is 0 Å². The van der Waals surface area contributed by atoms with Crippen LogP contribution in [0.2, 0.25) is 0 Å². The average Bonchev–Trinajstić information content (AvgIpc) is 2.89. The molecule has 3 rings (SSSR count). The predicted molar refractivity (Wildman–Crippen MR) is 84.5 cm³/mol. The molecule has 120 valence electrons. The molecule has 1 atom stereocenters. The van der Waals surface area contributed by atoms with Gasteiger partial charge in [-0.05, 0) is 24.1 Å². The van der Waals surface area contributed by atoms with Gasteiger partial charge in [-0.25, -0.2) is 17.7 Å². The van der Waals surface area contributed by atoms with E-state index in [1.165, 1.54) is 19.4 Å². The van der Waals surface area contributed by atoms with Crippen molar-refractivity contribution in [3.63, 3.8) is 0 Å². The first-order valence-electron chi connectivity index (χ1n) is 7.15. The topological polar surface area (TPSA) is 76.6 Å². The normalized spacial score (nSPS) is 19.5. The molecule has 23 heavy (non-hydrogen) atoms. The van der Waals surface area contributed by atoms with Crippen LogP contribution in [0.25, 0.3) is 0 Å². The maximum absolute atomic E-state index is 12.8. The highest BCUT2D eigenvalue weighted by Crippen LogP contribution is 2.36. The van der Waals surface area contributed by atoms with Gasteiger partial charge in [-0.15, -0.1) is 0 Å². The van der Waals surface area contributed by atoms with Crippen LogP contribution < -0.4 is 4.74 Å². The third-order valence-electron chi connectivity index (χ3n) is 3.85. The SMILES string of the molecule is COc1ncccc1C(=O)N1CCC(c2ccccc2)S1(=O)=O. The molecule has 1 aromatic carbocycles. The number of amides is 1. The molecule has 0 aliphatic carbocycles. The monoisotopic (exact) mass is 332 g/mol. The van der Waals surface area contributed by atoms with Gasteiger partial charge in [0.05, 0.1) is 7.11 Å². The molecule has 2 heterocycles. The van der Waals surface area contributed by atoms with E-state index in [9.17, 15) is 13.2 Å². The van der Waals surface area contributed by atoms with Gasteiger partial charge in [0, 0.05) is 12.7 Å². The lowest BCUT2D eigenvalue weighted by Gasteiger charge is -2.18. The van der Waals surface area contributed by atoms with Crippen molar-refractivity contribution in [2.24, 2.45) is 0 Å². The van der Waals surface area contributed by atoms with E-state index in [2.05, 4.69) is 4.98 Å². The Hall–Kier alpha value is -2.41. The van der Waals surface area contributed by atoms with Crippen LogP contribution in [0.5, 0.6) is 5.88 Å². The van der Waals surface area contributed by atoms with Gasteiger partial charge in [0.15, 0.2) is 0 Å². The van der Waals surface area contributed by atoms with Crippen molar-refractivity contribution < 1.29 is 17.9 Å². The number of nitrogens with zero attached hydrogens (tertiary/aromatic N) is 2. The number of carbonyl (C=O) groups is 1. The molecule has 0 radical (unpaired) electrons. The van der Waals surface area contributed by atoms with Crippen LogP contribution in [0.4, 0.5) is 0 Å². The number of hydrogen-bond donors (Lipinski definition) is 0. The van der Waals surface area contributed by atoms with E-state index in [1.54, 1.807) is 30.3 Å². The molecule has 0 saturated carbocycles. The summed E-state index contributed by atoms with van der Waals surface area (Å²) in [7, 11) is -2.36. The fourth-order valence-corrected chi connectivity index (χ4v) is 4.64. The van der Waals surface area contributed by atoms with E-state index in [0.29, 0.717) is 12.0 Å². The lowest BCUT2D eigenvalue weighted by Crippen LogP contribution is -2.33. The number of rotatable bonds is 3. The summed E-state index contributed by atoms with van der Waals surface area (Å²) in [6.07, 6.45) is 1.86. The van der Waals surface area contributed by atoms with Crippen LogP contribution in [0.1, 0.15) is 27.6 Å². The van der Waals surface area contributed by atoms with Crippen LogP contribution in [-0.4, -0.2) is 37.3 Å². The Balaban J connectivity index is 1.95. The first kappa shape index (κ1) is 15.5. The van der Waals surface area contributed by atoms with Crippen molar-refractivity contribution in [2.75, 3.05) is 13.7 Å². The summed E-state index contributed by atoms with van der Waals surface area (Å²) in [4.78, 5) is 16.6. The smallest absolute Gasteiger partial charge is 0.272 e. The second-order valence-corrected chi connectivity index (χ2v) is 7.21. The molecule has 7 heteroatoms. The summed E-state index contributed by atoms with van der Waals surface area (Å²) < 4.78 is 31.5. The van der Waals surface area contributed by atoms with Crippen molar-refractivity contribution in [2.45, 2.75) is 11.7 Å². The highest BCUT2D eigenvalue weighted by molar-refractivity contribution is 7.90. The number of ether oxygens (including phenoxy) is 1. The summed E-state index contributed by atoms with van der Waals surface area (Å²) in [6, 6.07) is 12.0. The van der Waals surface area contributed by atoms with Gasteiger partial charge in [-0.3, -0.25) is 4.79 Å². The van der Waals surface area contributed by atoms with Gasteiger partial charge in [0.1, 0.15) is 10.8 Å². The Bertz CT molecular complexity index is 821. The molecular weight excluding hydrogens is 316 g/mol. The average molecular weight is 332 g/mol. The number of pyridine rings is 1. The van der Waals surface area contributed by atoms with Crippen LogP contribution in [-0.2, 0) is 10.0 Å². The Morgan fingerprint density at radius 3 is 2.65 bits per heavy atom. The lowest BCUT2D eigenvalue weighted by molar-refractivity contribution is 0.0866. The summed E-state index contributed by atoms with van der Waals surface area (Å²) >= 11 is 0. The number of carbonyl (C=O) groups excluding carboxylic acids is 1. The van der Waals surface area contributed by atoms with Crippen LogP contribution in [0.3, 0.4) is 0 Å². The van der Waals surface area contributed by atoms with Crippen molar-refractivity contribution in [3.8, 4) is 5.88 Å². The van der Waals surface area contributed by atoms with Crippen molar-refractivity contribution in [1.29, 1.82) is 0 Å². The zero-order valence-corrected chi connectivity index (χ0v) is 13.4. The third kappa shape index (κ3) is 2.68. The van der Waals surface area contributed by atoms with Crippen LogP contribution >= 0.6 is 0 Å². The zero-order chi connectivity index (χ0) is 16.4. The molecule has 1 saturated heterocycles. The second-order valence-electron chi connectivity index (χ2n) is 5.17. The lowest BCUT2D eigenvalue weighted by atomic mass is 10.1. The summed E-state index contributed by atoms with van der Waals surface area (Å²) in [5, 5.41) is -0.699. The molecule has 0 bridgehead atoms. The first-order chi connectivity index (χ1) is 11.1. The molecule has 1 aliphatic rings. The molecule has 2 aromatic rings. The van der Waals surface area contributed by atoms with Crippen molar-refractivity contribution in [1.82, 2.24) is 9.29 Å². The molecule has 0 N–H and O–H groups in total. The zero-order valence-electron chi connectivity index (χ0n) is 12.5. The minimum absolute atomic E-state index is 0.121. The molecule has 0 spiro atoms. The van der Waals surface area contributed by atoms with E-state index in [-0.39, 0.29) is 18.0 Å². The third-order valence-corrected chi connectivity index (χ3v) is 6.04. The summed E-state index contributed by atoms with van der Waals surface area (Å²) in [5.74, 6) is -0.482. The van der Waals surface area contributed by atoms with Gasteiger partial charge < -0.3 is 4.74 Å². The highest BCUT2D eigenvalue weighted by Gasteiger charge is 2.43. The Labute approximate surface area is 134 Å². The van der Waals surface area contributed by atoms with E-state index >= 15 is 0 Å². The fraction of sp³-hybridized carbons (Fsp3) is 0.250. The van der Waals surface area contributed by atoms with Crippen molar-refractivity contribution >= 4 is 15.9 Å². The molecule has 1 aromatic heterocycles. The number of sulfonamides is 1. The number of methoxy groups -OCH3 is 1. The second kappa shape index (κ2) is 6.00. The maximum atomic E-state index is 12.8. The summed E-state index contributed by atoms with van der Waals surface area (Å²) in [6.45, 7) is 0.152. The standard InChI is InChI=1S/C16H16N2O4S/c1-22-15-13(8-5-10-17-15)16(19)18-11-9-14(23(18,20)21)12-6-3-2-4-7-12/h2-8,10,14H,9,11H2,1H3. The minimum Gasteiger partial charge on any atom is -0.480 e. The summed E-state index contributed by atoms with van der Waals surface area (Å²) in [5.41, 5.74) is 0.841. The van der Waals surface area contributed by atoms with E-state index < -0.39 is 21.2 Å². The van der Waals surface area contributed by atoms with E-state index in [1.807, 2.05) is 6.07 Å². The van der Waals surface area contributed by atoms with Gasteiger partial charge in [-0.1, -0.05) is 30.3 Å². The van der Waals surface area contributed by atoms with E-state index in [0.717, 1.165) is 4.31 Å². The largest absolute Gasteiger partial charge is 0.480 e. The number of hydrogen-bond acceptors (Lipinski definition) is 5. The molecule has 1 amide bonds. The first-order valence-corrected chi connectivity index (χ1v) is 8.66. The van der Waals surface area contributed by atoms with Gasteiger partial charge in [0.25, 0.3) is 5.91 Å². The Morgan fingerprint density at radius 2 is 1.96 bits per heavy atom. The fourth-order valence-electron chi connectivity index (χ4n) is 2.74. The van der Waals surface area contributed by atoms with Gasteiger partial charge >= 0.3 is 0 Å². The van der Waals surface area contributed by atoms with Gasteiger partial charge in [0.2, 0.25) is 15.9 Å². The van der Waals surface area contributed by atoms with E-state index in [4.69, 9.17) is 4.74 Å². The molecule has 1 fully saturated rings. The molecule has 1 aliphatic heterocycles. The number of benzene rings is 1. The molecule has 1 unspecified atom stereocenters. The molecule has 6 nitrogen and oxygen atoms in total. The van der Waals surface area contributed by atoms with Crippen molar-refractivity contribution in [3.05, 3.63) is 59.8 Å².